The van der Waals surface area contributed by atoms with Crippen molar-refractivity contribution < 1.29 is 28.7 Å². The maximum absolute atomic E-state index is 12.5. The Hall–Kier alpha value is -4.18. The standard InChI is InChI=1S/C27H24BrN3O6/c1-17-2-10-22(11-3-17)37-23-12-8-21(9-13-23)31-15-19(14-25(31)33)27(35)36-16-24(32)29-30-26(34)18-4-6-20(28)7-5-18/h2-13,19H,14-16H2,1H3,(H,29,32)(H,30,34)/t19-/m1/s1. The second kappa shape index (κ2) is 11.7. The van der Waals surface area contributed by atoms with Gasteiger partial charge in [0, 0.05) is 28.7 Å². The molecule has 9 nitrogen and oxygen atoms in total. The third-order valence-corrected chi connectivity index (χ3v) is 6.16. The van der Waals surface area contributed by atoms with E-state index in [2.05, 4.69) is 26.8 Å². The van der Waals surface area contributed by atoms with Crippen LogP contribution in [0.1, 0.15) is 22.3 Å². The smallest absolute Gasteiger partial charge is 0.311 e. The molecule has 10 heteroatoms. The van der Waals surface area contributed by atoms with Gasteiger partial charge in [-0.3, -0.25) is 30.0 Å². The fourth-order valence-electron chi connectivity index (χ4n) is 3.64. The van der Waals surface area contributed by atoms with Gasteiger partial charge in [-0.25, -0.2) is 0 Å². The largest absolute Gasteiger partial charge is 0.457 e. The summed E-state index contributed by atoms with van der Waals surface area (Å²) in [5.41, 5.74) is 6.55. The molecule has 0 spiro atoms. The van der Waals surface area contributed by atoms with Gasteiger partial charge in [0.2, 0.25) is 5.91 Å². The first-order chi connectivity index (χ1) is 17.8. The molecule has 1 aliphatic heterocycles. The maximum Gasteiger partial charge on any atom is 0.311 e. The molecule has 3 aromatic rings. The van der Waals surface area contributed by atoms with Crippen molar-refractivity contribution in [1.29, 1.82) is 0 Å². The molecule has 3 amide bonds. The molecule has 4 rings (SSSR count). The molecular weight excluding hydrogens is 542 g/mol. The molecule has 1 atom stereocenters. The van der Waals surface area contributed by atoms with Crippen molar-refractivity contribution in [2.24, 2.45) is 5.92 Å². The minimum absolute atomic E-state index is 0.0254. The molecule has 3 aromatic carbocycles. The van der Waals surface area contributed by atoms with Crippen molar-refractivity contribution in [1.82, 2.24) is 10.9 Å². The van der Waals surface area contributed by atoms with E-state index in [-0.39, 0.29) is 18.9 Å². The Kier molecular flexibility index (Phi) is 8.19. The number of nitrogens with one attached hydrogen (secondary N) is 2. The molecule has 37 heavy (non-hydrogen) atoms. The normalized spacial score (nSPS) is 14.7. The Morgan fingerprint density at radius 3 is 2.19 bits per heavy atom. The molecule has 2 N–H and O–H groups in total. The second-order valence-electron chi connectivity index (χ2n) is 8.43. The van der Waals surface area contributed by atoms with Crippen LogP contribution >= 0.6 is 15.9 Å². The highest BCUT2D eigenvalue weighted by atomic mass is 79.9. The number of nitrogens with zero attached hydrogens (tertiary/aromatic N) is 1. The molecule has 0 unspecified atom stereocenters. The number of rotatable bonds is 7. The van der Waals surface area contributed by atoms with Gasteiger partial charge in [-0.05, 0) is 67.6 Å². The molecule has 190 valence electrons. The zero-order valence-electron chi connectivity index (χ0n) is 19.9. The highest BCUT2D eigenvalue weighted by molar-refractivity contribution is 9.10. The minimum Gasteiger partial charge on any atom is -0.457 e. The lowest BCUT2D eigenvalue weighted by atomic mass is 10.1. The van der Waals surface area contributed by atoms with E-state index in [0.29, 0.717) is 22.7 Å². The van der Waals surface area contributed by atoms with Gasteiger partial charge in [0.05, 0.1) is 5.92 Å². The summed E-state index contributed by atoms with van der Waals surface area (Å²) in [6.45, 7) is 1.54. The van der Waals surface area contributed by atoms with Crippen LogP contribution in [-0.4, -0.2) is 36.8 Å². The number of anilines is 1. The maximum atomic E-state index is 12.5. The Morgan fingerprint density at radius 2 is 1.54 bits per heavy atom. The zero-order chi connectivity index (χ0) is 26.4. The van der Waals surface area contributed by atoms with E-state index in [1.54, 1.807) is 48.5 Å². The quantitative estimate of drug-likeness (QED) is 0.331. The van der Waals surface area contributed by atoms with E-state index < -0.39 is 30.3 Å². The van der Waals surface area contributed by atoms with Crippen LogP contribution in [0.4, 0.5) is 5.69 Å². The van der Waals surface area contributed by atoms with E-state index in [9.17, 15) is 19.2 Å². The summed E-state index contributed by atoms with van der Waals surface area (Å²) in [4.78, 5) is 50.5. The Balaban J connectivity index is 1.23. The minimum atomic E-state index is -0.707. The van der Waals surface area contributed by atoms with Crippen molar-refractivity contribution in [3.63, 3.8) is 0 Å². The summed E-state index contributed by atoms with van der Waals surface area (Å²) >= 11 is 3.28. The lowest BCUT2D eigenvalue weighted by Crippen LogP contribution is -2.43. The third-order valence-electron chi connectivity index (χ3n) is 5.63. The van der Waals surface area contributed by atoms with Gasteiger partial charge in [-0.15, -0.1) is 0 Å². The van der Waals surface area contributed by atoms with Gasteiger partial charge in [0.25, 0.3) is 11.8 Å². The molecule has 0 saturated carbocycles. The van der Waals surface area contributed by atoms with Gasteiger partial charge in [0.15, 0.2) is 6.61 Å². The van der Waals surface area contributed by atoms with Crippen LogP contribution in [0.3, 0.4) is 0 Å². The number of aryl methyl sites for hydroxylation is 1. The number of hydrogen-bond acceptors (Lipinski definition) is 6. The Labute approximate surface area is 221 Å². The van der Waals surface area contributed by atoms with Crippen molar-refractivity contribution >= 4 is 45.3 Å². The molecule has 0 radical (unpaired) electrons. The molecule has 1 saturated heterocycles. The van der Waals surface area contributed by atoms with Crippen LogP contribution < -0.4 is 20.5 Å². The van der Waals surface area contributed by atoms with Crippen LogP contribution in [0.5, 0.6) is 11.5 Å². The number of esters is 1. The van der Waals surface area contributed by atoms with E-state index >= 15 is 0 Å². The molecular formula is C27H24BrN3O6. The van der Waals surface area contributed by atoms with Gasteiger partial charge >= 0.3 is 5.97 Å². The lowest BCUT2D eigenvalue weighted by Gasteiger charge is -2.17. The number of ether oxygens (including phenoxy) is 2. The summed E-state index contributed by atoms with van der Waals surface area (Å²) in [5, 5.41) is 0. The van der Waals surface area contributed by atoms with Crippen LogP contribution in [0.15, 0.2) is 77.3 Å². The van der Waals surface area contributed by atoms with Crippen molar-refractivity contribution in [3.05, 3.63) is 88.4 Å². The van der Waals surface area contributed by atoms with Crippen LogP contribution in [0, 0.1) is 12.8 Å². The summed E-state index contributed by atoms with van der Waals surface area (Å²) in [6.07, 6.45) is -0.0254. The second-order valence-corrected chi connectivity index (χ2v) is 9.35. The SMILES string of the molecule is Cc1ccc(Oc2ccc(N3C[C@H](C(=O)OCC(=O)NNC(=O)c4ccc(Br)cc4)CC3=O)cc2)cc1. The predicted molar refractivity (Wildman–Crippen MR) is 139 cm³/mol. The number of carbonyl (C=O) groups excluding carboxylic acids is 4. The van der Waals surface area contributed by atoms with E-state index in [1.165, 1.54) is 4.90 Å². The van der Waals surface area contributed by atoms with Gasteiger partial charge < -0.3 is 14.4 Å². The number of hydrazine groups is 1. The predicted octanol–water partition coefficient (Wildman–Crippen LogP) is 3.91. The third kappa shape index (κ3) is 6.95. The highest BCUT2D eigenvalue weighted by Crippen LogP contribution is 2.29. The molecule has 1 fully saturated rings. The fraction of sp³-hybridized carbons (Fsp3) is 0.185. The highest BCUT2D eigenvalue weighted by Gasteiger charge is 2.36. The van der Waals surface area contributed by atoms with E-state index in [1.807, 2.05) is 31.2 Å². The van der Waals surface area contributed by atoms with Gasteiger partial charge in [-0.2, -0.15) is 0 Å². The molecule has 0 aliphatic carbocycles. The number of halogens is 1. The van der Waals surface area contributed by atoms with E-state index in [4.69, 9.17) is 9.47 Å². The monoisotopic (exact) mass is 565 g/mol. The fourth-order valence-corrected chi connectivity index (χ4v) is 3.91. The van der Waals surface area contributed by atoms with Crippen molar-refractivity contribution in [2.75, 3.05) is 18.1 Å². The number of hydrogen-bond donors (Lipinski definition) is 2. The van der Waals surface area contributed by atoms with E-state index in [0.717, 1.165) is 10.0 Å². The summed E-state index contributed by atoms with van der Waals surface area (Å²) in [5.74, 6) is -1.49. The Bertz CT molecular complexity index is 1290. The van der Waals surface area contributed by atoms with Crippen LogP contribution in [-0.2, 0) is 19.1 Å². The van der Waals surface area contributed by atoms with Crippen molar-refractivity contribution in [2.45, 2.75) is 13.3 Å². The van der Waals surface area contributed by atoms with Crippen LogP contribution in [0.2, 0.25) is 0 Å². The summed E-state index contributed by atoms with van der Waals surface area (Å²) in [7, 11) is 0. The first kappa shape index (κ1) is 25.9. The summed E-state index contributed by atoms with van der Waals surface area (Å²) < 4.78 is 11.7. The van der Waals surface area contributed by atoms with Gasteiger partial charge in [0.1, 0.15) is 11.5 Å². The molecule has 1 aliphatic rings. The number of benzene rings is 3. The molecule has 0 bridgehead atoms. The zero-order valence-corrected chi connectivity index (χ0v) is 21.5. The average molecular weight is 566 g/mol. The average Bonchev–Trinajstić information content (AvgIpc) is 3.29. The van der Waals surface area contributed by atoms with Crippen molar-refractivity contribution in [3.8, 4) is 11.5 Å². The lowest BCUT2D eigenvalue weighted by molar-refractivity contribution is -0.152. The molecule has 0 aromatic heterocycles. The molecule has 1 heterocycles. The van der Waals surface area contributed by atoms with Gasteiger partial charge in [-0.1, -0.05) is 33.6 Å². The summed E-state index contributed by atoms with van der Waals surface area (Å²) in [6, 6.07) is 21.2. The van der Waals surface area contributed by atoms with Crippen LogP contribution in [0.25, 0.3) is 0 Å². The number of amides is 3. The topological polar surface area (TPSA) is 114 Å². The Morgan fingerprint density at radius 1 is 0.919 bits per heavy atom. The first-order valence-electron chi connectivity index (χ1n) is 11.4. The first-order valence-corrected chi connectivity index (χ1v) is 12.2. The number of carbonyl (C=O) groups is 4.